The Bertz CT molecular complexity index is 2210. The fraction of sp³-hybridized carbons (Fsp3) is 0.0526. The van der Waals surface area contributed by atoms with Gasteiger partial charge >= 0.3 is 0 Å². The molecule has 0 spiro atoms. The number of nitrogens with one attached hydrogen (secondary N) is 1. The SMILES string of the molecule is Cc1ccc(-c2ccc3oc4c(-c5ccc6[nH]c7ccccc7c6c5)cc(-c5ccc(C)cc5)cc4c3c2)cc1. The fourth-order valence-corrected chi connectivity index (χ4v) is 5.95. The summed E-state index contributed by atoms with van der Waals surface area (Å²) in [4.78, 5) is 3.56. The molecule has 0 unspecified atom stereocenters. The number of fused-ring (bicyclic) bond motifs is 6. The van der Waals surface area contributed by atoms with Gasteiger partial charge in [-0.05, 0) is 84.1 Å². The van der Waals surface area contributed by atoms with Gasteiger partial charge in [-0.25, -0.2) is 0 Å². The lowest BCUT2D eigenvalue weighted by Gasteiger charge is -2.09. The van der Waals surface area contributed by atoms with Gasteiger partial charge in [-0.3, -0.25) is 0 Å². The molecule has 0 radical (unpaired) electrons. The second-order valence-electron chi connectivity index (χ2n) is 10.9. The first-order valence-electron chi connectivity index (χ1n) is 13.8. The molecule has 2 heterocycles. The Morgan fingerprint density at radius 2 is 1.05 bits per heavy atom. The molecule has 1 N–H and O–H groups in total. The van der Waals surface area contributed by atoms with E-state index in [1.165, 1.54) is 44.2 Å². The van der Waals surface area contributed by atoms with Gasteiger partial charge in [0.05, 0.1) is 0 Å². The molecular formula is C38H27NO. The summed E-state index contributed by atoms with van der Waals surface area (Å²) >= 11 is 0. The quantitative estimate of drug-likeness (QED) is 0.250. The maximum atomic E-state index is 6.63. The molecule has 190 valence electrons. The Labute approximate surface area is 232 Å². The van der Waals surface area contributed by atoms with Crippen LogP contribution in [0.1, 0.15) is 11.1 Å². The number of furan rings is 1. The number of hydrogen-bond acceptors (Lipinski definition) is 1. The monoisotopic (exact) mass is 513 g/mol. The van der Waals surface area contributed by atoms with Crippen molar-refractivity contribution >= 4 is 43.7 Å². The lowest BCUT2D eigenvalue weighted by molar-refractivity contribution is 0.670. The van der Waals surface area contributed by atoms with Gasteiger partial charge in [0.1, 0.15) is 11.2 Å². The number of hydrogen-bond donors (Lipinski definition) is 1. The van der Waals surface area contributed by atoms with Crippen LogP contribution in [0.5, 0.6) is 0 Å². The van der Waals surface area contributed by atoms with Crippen LogP contribution in [-0.4, -0.2) is 4.98 Å². The summed E-state index contributed by atoms with van der Waals surface area (Å²) in [6.07, 6.45) is 0. The van der Waals surface area contributed by atoms with Crippen LogP contribution in [0.4, 0.5) is 0 Å². The normalized spacial score (nSPS) is 11.8. The summed E-state index contributed by atoms with van der Waals surface area (Å²) in [6, 6.07) is 43.8. The number of para-hydroxylation sites is 1. The molecule has 40 heavy (non-hydrogen) atoms. The number of aromatic nitrogens is 1. The van der Waals surface area contributed by atoms with Gasteiger partial charge in [0.15, 0.2) is 0 Å². The maximum absolute atomic E-state index is 6.63. The zero-order valence-corrected chi connectivity index (χ0v) is 22.5. The topological polar surface area (TPSA) is 28.9 Å². The average molecular weight is 514 g/mol. The third kappa shape index (κ3) is 3.65. The summed E-state index contributed by atoms with van der Waals surface area (Å²) in [5.74, 6) is 0. The molecule has 0 bridgehead atoms. The lowest BCUT2D eigenvalue weighted by Crippen LogP contribution is -1.85. The molecule has 0 fully saturated rings. The van der Waals surface area contributed by atoms with Crippen molar-refractivity contribution in [2.75, 3.05) is 0 Å². The van der Waals surface area contributed by atoms with Crippen LogP contribution < -0.4 is 0 Å². The molecule has 0 aliphatic carbocycles. The Balaban J connectivity index is 1.41. The van der Waals surface area contributed by atoms with Crippen LogP contribution in [0.15, 0.2) is 126 Å². The van der Waals surface area contributed by atoms with E-state index >= 15 is 0 Å². The molecule has 8 aromatic rings. The molecule has 0 atom stereocenters. The minimum atomic E-state index is 0.904. The van der Waals surface area contributed by atoms with E-state index in [4.69, 9.17) is 4.42 Å². The Morgan fingerprint density at radius 3 is 1.82 bits per heavy atom. The van der Waals surface area contributed by atoms with Crippen LogP contribution >= 0.6 is 0 Å². The first-order valence-corrected chi connectivity index (χ1v) is 13.8. The minimum absolute atomic E-state index is 0.904. The van der Waals surface area contributed by atoms with Gasteiger partial charge in [0.25, 0.3) is 0 Å². The third-order valence-electron chi connectivity index (χ3n) is 8.16. The number of aryl methyl sites for hydroxylation is 2. The second-order valence-corrected chi connectivity index (χ2v) is 10.9. The molecule has 0 aliphatic heterocycles. The molecule has 2 nitrogen and oxygen atoms in total. The molecule has 2 aromatic heterocycles. The molecule has 8 rings (SSSR count). The van der Waals surface area contributed by atoms with Crippen molar-refractivity contribution in [2.45, 2.75) is 13.8 Å². The van der Waals surface area contributed by atoms with Gasteiger partial charge < -0.3 is 9.40 Å². The second kappa shape index (κ2) is 8.72. The van der Waals surface area contributed by atoms with Gasteiger partial charge in [0, 0.05) is 38.1 Å². The van der Waals surface area contributed by atoms with E-state index in [9.17, 15) is 0 Å². The zero-order chi connectivity index (χ0) is 26.8. The van der Waals surface area contributed by atoms with Gasteiger partial charge in [-0.2, -0.15) is 0 Å². The smallest absolute Gasteiger partial charge is 0.143 e. The van der Waals surface area contributed by atoms with E-state index in [1.807, 2.05) is 0 Å². The maximum Gasteiger partial charge on any atom is 0.143 e. The van der Waals surface area contributed by atoms with Gasteiger partial charge in [-0.15, -0.1) is 0 Å². The average Bonchev–Trinajstić information content (AvgIpc) is 3.55. The summed E-state index contributed by atoms with van der Waals surface area (Å²) in [5.41, 5.74) is 13.7. The van der Waals surface area contributed by atoms with Crippen molar-refractivity contribution in [3.05, 3.63) is 132 Å². The minimum Gasteiger partial charge on any atom is -0.455 e. The summed E-state index contributed by atoms with van der Waals surface area (Å²) < 4.78 is 6.63. The van der Waals surface area contributed by atoms with Crippen molar-refractivity contribution in [3.8, 4) is 33.4 Å². The van der Waals surface area contributed by atoms with E-state index in [2.05, 4.69) is 140 Å². The largest absolute Gasteiger partial charge is 0.455 e. The van der Waals surface area contributed by atoms with Crippen LogP contribution in [0, 0.1) is 13.8 Å². The van der Waals surface area contributed by atoms with E-state index in [1.54, 1.807) is 0 Å². The molecule has 0 amide bonds. The summed E-state index contributed by atoms with van der Waals surface area (Å²) in [5, 5.41) is 4.73. The van der Waals surface area contributed by atoms with Crippen molar-refractivity contribution in [3.63, 3.8) is 0 Å². The van der Waals surface area contributed by atoms with Crippen molar-refractivity contribution in [1.29, 1.82) is 0 Å². The Morgan fingerprint density at radius 1 is 0.450 bits per heavy atom. The first kappa shape index (κ1) is 22.9. The molecule has 0 saturated carbocycles. The van der Waals surface area contributed by atoms with Crippen molar-refractivity contribution < 1.29 is 4.42 Å². The highest BCUT2D eigenvalue weighted by molar-refractivity contribution is 6.14. The standard InChI is InChI=1S/C38H27NO/c1-23-7-11-25(12-8-23)27-16-18-37-33(19-27)34-22-29(26-13-9-24(2)10-14-26)21-31(38(34)40-37)28-15-17-36-32(20-28)30-5-3-4-6-35(30)39-36/h3-22,39H,1-2H3. The number of aromatic amines is 1. The van der Waals surface area contributed by atoms with Crippen molar-refractivity contribution in [2.24, 2.45) is 0 Å². The van der Waals surface area contributed by atoms with E-state index in [-0.39, 0.29) is 0 Å². The number of rotatable bonds is 3. The van der Waals surface area contributed by atoms with Crippen molar-refractivity contribution in [1.82, 2.24) is 4.98 Å². The van der Waals surface area contributed by atoms with E-state index < -0.39 is 0 Å². The predicted molar refractivity (Wildman–Crippen MR) is 169 cm³/mol. The van der Waals surface area contributed by atoms with Crippen LogP contribution in [0.2, 0.25) is 0 Å². The highest BCUT2D eigenvalue weighted by atomic mass is 16.3. The van der Waals surface area contributed by atoms with Gasteiger partial charge in [0.2, 0.25) is 0 Å². The first-order chi connectivity index (χ1) is 19.6. The summed E-state index contributed by atoms with van der Waals surface area (Å²) in [6.45, 7) is 4.25. The Kier molecular flexibility index (Phi) is 4.99. The number of benzene rings is 6. The van der Waals surface area contributed by atoms with Crippen LogP contribution in [0.25, 0.3) is 77.1 Å². The summed E-state index contributed by atoms with van der Waals surface area (Å²) in [7, 11) is 0. The highest BCUT2D eigenvalue weighted by Crippen LogP contribution is 2.42. The van der Waals surface area contributed by atoms with Crippen LogP contribution in [-0.2, 0) is 0 Å². The molecule has 6 aromatic carbocycles. The van der Waals surface area contributed by atoms with Crippen LogP contribution in [0.3, 0.4) is 0 Å². The molecule has 0 aliphatic rings. The molecule has 0 saturated heterocycles. The van der Waals surface area contributed by atoms with E-state index in [0.717, 1.165) is 44.1 Å². The molecular weight excluding hydrogens is 486 g/mol. The zero-order valence-electron chi connectivity index (χ0n) is 22.5. The predicted octanol–water partition coefficient (Wildman–Crippen LogP) is 10.8. The highest BCUT2D eigenvalue weighted by Gasteiger charge is 2.17. The lowest BCUT2D eigenvalue weighted by atomic mass is 9.94. The fourth-order valence-electron chi connectivity index (χ4n) is 5.95. The third-order valence-corrected chi connectivity index (χ3v) is 8.16. The Hall–Kier alpha value is -5.08. The van der Waals surface area contributed by atoms with E-state index in [0.29, 0.717) is 0 Å². The molecule has 2 heteroatoms. The number of H-pyrrole nitrogens is 1. The van der Waals surface area contributed by atoms with Gasteiger partial charge in [-0.1, -0.05) is 90.0 Å².